The van der Waals surface area contributed by atoms with Crippen LogP contribution in [0.25, 0.3) is 0 Å². The van der Waals surface area contributed by atoms with E-state index < -0.39 is 8.32 Å². The summed E-state index contributed by atoms with van der Waals surface area (Å²) in [5, 5.41) is 0. The summed E-state index contributed by atoms with van der Waals surface area (Å²) in [4.78, 5) is 12.9. The SMILES string of the molecule is CCCC[C@H]1C(=O)[C@@H](O[Si](CC)(CC)CC)[C@H]2C=C[C@@H]1O2. The first kappa shape index (κ1) is 16.9. The molecular formula is C17H30O3Si. The van der Waals surface area contributed by atoms with Crippen molar-refractivity contribution >= 4 is 14.1 Å². The highest BCUT2D eigenvalue weighted by Crippen LogP contribution is 2.36. The lowest BCUT2D eigenvalue weighted by Crippen LogP contribution is -2.54. The second-order valence-corrected chi connectivity index (χ2v) is 11.1. The van der Waals surface area contributed by atoms with E-state index in [1.54, 1.807) is 0 Å². The Morgan fingerprint density at radius 2 is 1.71 bits per heavy atom. The molecule has 4 heteroatoms. The van der Waals surface area contributed by atoms with Crippen LogP contribution in [0.2, 0.25) is 18.1 Å². The lowest BCUT2D eigenvalue weighted by molar-refractivity contribution is -0.153. The maximum atomic E-state index is 12.9. The molecule has 0 unspecified atom stereocenters. The minimum absolute atomic E-state index is 0.00205. The van der Waals surface area contributed by atoms with Crippen molar-refractivity contribution in [3.8, 4) is 0 Å². The monoisotopic (exact) mass is 310 g/mol. The fourth-order valence-electron chi connectivity index (χ4n) is 3.55. The first-order chi connectivity index (χ1) is 10.1. The van der Waals surface area contributed by atoms with Gasteiger partial charge in [-0.3, -0.25) is 4.79 Å². The van der Waals surface area contributed by atoms with Gasteiger partial charge in [0.1, 0.15) is 12.2 Å². The second-order valence-electron chi connectivity index (χ2n) is 6.38. The Morgan fingerprint density at radius 1 is 1.10 bits per heavy atom. The molecule has 2 aliphatic rings. The molecule has 0 saturated carbocycles. The molecule has 0 N–H and O–H groups in total. The van der Waals surface area contributed by atoms with Crippen LogP contribution in [0, 0.1) is 5.92 Å². The largest absolute Gasteiger partial charge is 0.404 e. The molecule has 0 aromatic carbocycles. The van der Waals surface area contributed by atoms with E-state index in [0.717, 1.165) is 37.4 Å². The first-order valence-corrected chi connectivity index (χ1v) is 11.2. The summed E-state index contributed by atoms with van der Waals surface area (Å²) in [6, 6.07) is 3.22. The molecule has 0 radical (unpaired) electrons. The molecule has 0 aliphatic carbocycles. The minimum Gasteiger partial charge on any atom is -0.404 e. The zero-order valence-electron chi connectivity index (χ0n) is 13.9. The van der Waals surface area contributed by atoms with Gasteiger partial charge in [0.25, 0.3) is 0 Å². The number of ether oxygens (including phenoxy) is 1. The lowest BCUT2D eigenvalue weighted by Gasteiger charge is -2.40. The van der Waals surface area contributed by atoms with Crippen molar-refractivity contribution in [3.05, 3.63) is 12.2 Å². The molecule has 1 fully saturated rings. The highest BCUT2D eigenvalue weighted by molar-refractivity contribution is 6.73. The van der Waals surface area contributed by atoms with Crippen molar-refractivity contribution < 1.29 is 14.0 Å². The first-order valence-electron chi connectivity index (χ1n) is 8.66. The molecule has 0 aromatic rings. The van der Waals surface area contributed by atoms with Crippen LogP contribution in [0.3, 0.4) is 0 Å². The molecular weight excluding hydrogens is 280 g/mol. The zero-order chi connectivity index (χ0) is 15.5. The van der Waals surface area contributed by atoms with Crippen molar-refractivity contribution in [1.82, 2.24) is 0 Å². The smallest absolute Gasteiger partial charge is 0.193 e. The summed E-state index contributed by atoms with van der Waals surface area (Å²) in [7, 11) is -1.78. The molecule has 0 amide bonds. The fourth-order valence-corrected chi connectivity index (χ4v) is 6.34. The van der Waals surface area contributed by atoms with Gasteiger partial charge in [-0.1, -0.05) is 52.7 Å². The van der Waals surface area contributed by atoms with Gasteiger partial charge >= 0.3 is 0 Å². The maximum Gasteiger partial charge on any atom is 0.193 e. The van der Waals surface area contributed by atoms with E-state index in [4.69, 9.17) is 9.16 Å². The molecule has 4 atom stereocenters. The van der Waals surface area contributed by atoms with E-state index in [1.165, 1.54) is 0 Å². The number of hydrogen-bond acceptors (Lipinski definition) is 3. The Hall–Kier alpha value is -0.453. The van der Waals surface area contributed by atoms with Gasteiger partial charge in [0, 0.05) is 0 Å². The number of rotatable bonds is 8. The molecule has 2 bridgehead atoms. The van der Waals surface area contributed by atoms with Crippen molar-refractivity contribution in [2.45, 2.75) is 83.4 Å². The number of carbonyl (C=O) groups is 1. The third-order valence-electron chi connectivity index (χ3n) is 5.32. The van der Waals surface area contributed by atoms with Crippen LogP contribution >= 0.6 is 0 Å². The third kappa shape index (κ3) is 3.32. The second kappa shape index (κ2) is 7.21. The predicted molar refractivity (Wildman–Crippen MR) is 87.9 cm³/mol. The van der Waals surface area contributed by atoms with Crippen molar-refractivity contribution in [2.75, 3.05) is 0 Å². The van der Waals surface area contributed by atoms with Crippen LogP contribution in [0.1, 0.15) is 47.0 Å². The summed E-state index contributed by atoms with van der Waals surface area (Å²) < 4.78 is 12.5. The van der Waals surface area contributed by atoms with Crippen LogP contribution in [0.5, 0.6) is 0 Å². The summed E-state index contributed by atoms with van der Waals surface area (Å²) in [5.41, 5.74) is 0. The standard InChI is InChI=1S/C17H30O3Si/c1-5-9-10-13-14-11-12-15(19-14)17(16(13)18)20-21(6-2,7-3)8-4/h11-15,17H,5-10H2,1-4H3/t13-,14+,15-,17+/m1/s1. The minimum atomic E-state index is -1.78. The fraction of sp³-hybridized carbons (Fsp3) is 0.824. The molecule has 21 heavy (non-hydrogen) atoms. The molecule has 2 heterocycles. The van der Waals surface area contributed by atoms with Gasteiger partial charge in [-0.2, -0.15) is 0 Å². The van der Waals surface area contributed by atoms with Gasteiger partial charge in [-0.05, 0) is 24.6 Å². The van der Waals surface area contributed by atoms with Crippen LogP contribution in [-0.2, 0) is 14.0 Å². The van der Waals surface area contributed by atoms with E-state index in [2.05, 4.69) is 39.8 Å². The summed E-state index contributed by atoms with van der Waals surface area (Å²) >= 11 is 0. The summed E-state index contributed by atoms with van der Waals surface area (Å²) in [5.74, 6) is 0.296. The summed E-state index contributed by atoms with van der Waals surface area (Å²) in [6.45, 7) is 8.78. The molecule has 0 spiro atoms. The summed E-state index contributed by atoms with van der Waals surface area (Å²) in [6.07, 6.45) is 6.76. The molecule has 120 valence electrons. The average molecular weight is 311 g/mol. The van der Waals surface area contributed by atoms with Gasteiger partial charge < -0.3 is 9.16 Å². The number of ketones is 1. The highest BCUT2D eigenvalue weighted by Gasteiger charge is 2.48. The van der Waals surface area contributed by atoms with Crippen LogP contribution in [-0.4, -0.2) is 32.4 Å². The van der Waals surface area contributed by atoms with Gasteiger partial charge in [-0.15, -0.1) is 0 Å². The average Bonchev–Trinajstić information content (AvgIpc) is 2.94. The Bertz CT molecular complexity index is 381. The topological polar surface area (TPSA) is 35.5 Å². The van der Waals surface area contributed by atoms with Crippen LogP contribution in [0.4, 0.5) is 0 Å². The Balaban J connectivity index is 2.14. The van der Waals surface area contributed by atoms with E-state index >= 15 is 0 Å². The molecule has 2 rings (SSSR count). The van der Waals surface area contributed by atoms with Crippen molar-refractivity contribution in [3.63, 3.8) is 0 Å². The number of Topliss-reactive ketones (excluding diaryl/α,β-unsaturated/α-hetero) is 1. The number of carbonyl (C=O) groups excluding carboxylic acids is 1. The van der Waals surface area contributed by atoms with Gasteiger partial charge in [0.15, 0.2) is 14.1 Å². The van der Waals surface area contributed by atoms with Gasteiger partial charge in [0.05, 0.1) is 12.0 Å². The normalized spacial score (nSPS) is 31.9. The van der Waals surface area contributed by atoms with Crippen LogP contribution in [0.15, 0.2) is 12.2 Å². The molecule has 2 aliphatic heterocycles. The van der Waals surface area contributed by atoms with E-state index in [1.807, 2.05) is 0 Å². The predicted octanol–water partition coefficient (Wildman–Crippen LogP) is 4.09. The Morgan fingerprint density at radius 3 is 2.29 bits per heavy atom. The molecule has 0 aromatic heterocycles. The zero-order valence-corrected chi connectivity index (χ0v) is 14.9. The lowest BCUT2D eigenvalue weighted by atomic mass is 9.87. The quantitative estimate of drug-likeness (QED) is 0.500. The third-order valence-corrected chi connectivity index (χ3v) is 9.94. The van der Waals surface area contributed by atoms with Gasteiger partial charge in [0.2, 0.25) is 0 Å². The van der Waals surface area contributed by atoms with Crippen molar-refractivity contribution in [1.29, 1.82) is 0 Å². The Labute approximate surface area is 130 Å². The maximum absolute atomic E-state index is 12.9. The van der Waals surface area contributed by atoms with Crippen LogP contribution < -0.4 is 0 Å². The van der Waals surface area contributed by atoms with Crippen molar-refractivity contribution in [2.24, 2.45) is 5.92 Å². The number of fused-ring (bicyclic) bond motifs is 2. The molecule has 3 nitrogen and oxygen atoms in total. The van der Waals surface area contributed by atoms with Gasteiger partial charge in [-0.25, -0.2) is 0 Å². The van der Waals surface area contributed by atoms with E-state index in [0.29, 0.717) is 5.78 Å². The molecule has 1 saturated heterocycles. The van der Waals surface area contributed by atoms with E-state index in [9.17, 15) is 4.79 Å². The Kier molecular flexibility index (Phi) is 5.80. The highest BCUT2D eigenvalue weighted by atomic mass is 28.4. The van der Waals surface area contributed by atoms with E-state index in [-0.39, 0.29) is 24.2 Å². The number of hydrogen-bond donors (Lipinski definition) is 0. The number of unbranched alkanes of at least 4 members (excludes halogenated alkanes) is 1.